The first-order valence-electron chi connectivity index (χ1n) is 10.4. The van der Waals surface area contributed by atoms with Gasteiger partial charge >= 0.3 is 5.97 Å². The maximum atomic E-state index is 12.8. The Morgan fingerprint density at radius 1 is 1.18 bits per heavy atom. The molecule has 7 heteroatoms. The summed E-state index contributed by atoms with van der Waals surface area (Å²) in [5, 5.41) is 0.955. The van der Waals surface area contributed by atoms with Crippen LogP contribution in [0.15, 0.2) is 23.4 Å². The van der Waals surface area contributed by atoms with Gasteiger partial charge in [-0.25, -0.2) is 4.98 Å². The molecule has 1 atom stereocenters. The van der Waals surface area contributed by atoms with E-state index in [4.69, 9.17) is 4.74 Å². The van der Waals surface area contributed by atoms with Crippen LogP contribution in [0, 0.1) is 5.92 Å². The lowest BCUT2D eigenvalue weighted by Crippen LogP contribution is -2.42. The Morgan fingerprint density at radius 2 is 2.00 bits per heavy atom. The number of carbonyl (C=O) groups excluding carboxylic acids is 2. The number of esters is 1. The van der Waals surface area contributed by atoms with Crippen LogP contribution in [0.4, 0.5) is 0 Å². The van der Waals surface area contributed by atoms with Gasteiger partial charge in [-0.15, -0.1) is 11.8 Å². The molecule has 6 nitrogen and oxygen atoms in total. The van der Waals surface area contributed by atoms with E-state index in [0.717, 1.165) is 30.2 Å². The fourth-order valence-corrected chi connectivity index (χ4v) is 4.70. The Labute approximate surface area is 172 Å². The van der Waals surface area contributed by atoms with Crippen LogP contribution in [0.1, 0.15) is 49.4 Å². The van der Waals surface area contributed by atoms with Gasteiger partial charge in [-0.2, -0.15) is 0 Å². The molecule has 0 bridgehead atoms. The van der Waals surface area contributed by atoms with Crippen molar-refractivity contribution in [2.75, 3.05) is 45.1 Å². The Bertz CT molecular complexity index is 647. The number of aromatic nitrogens is 1. The maximum absolute atomic E-state index is 12.8. The van der Waals surface area contributed by atoms with Crippen molar-refractivity contribution in [3.05, 3.63) is 23.9 Å². The zero-order valence-electron chi connectivity index (χ0n) is 16.8. The summed E-state index contributed by atoms with van der Waals surface area (Å²) in [6, 6.07) is 3.79. The molecule has 2 saturated heterocycles. The molecule has 3 heterocycles. The van der Waals surface area contributed by atoms with Gasteiger partial charge in [0.25, 0.3) is 5.91 Å². The number of likely N-dealkylation sites (tertiary alicyclic amines) is 2. The molecule has 3 rings (SSSR count). The van der Waals surface area contributed by atoms with E-state index in [0.29, 0.717) is 25.3 Å². The minimum Gasteiger partial charge on any atom is -0.466 e. The van der Waals surface area contributed by atoms with E-state index >= 15 is 0 Å². The number of carbonyl (C=O) groups is 2. The summed E-state index contributed by atoms with van der Waals surface area (Å²) in [4.78, 5) is 33.5. The van der Waals surface area contributed by atoms with Gasteiger partial charge in [0.1, 0.15) is 0 Å². The normalized spacial score (nSPS) is 20.8. The van der Waals surface area contributed by atoms with E-state index in [9.17, 15) is 9.59 Å². The predicted molar refractivity (Wildman–Crippen MR) is 111 cm³/mol. The summed E-state index contributed by atoms with van der Waals surface area (Å²) >= 11 is 1.74. The molecule has 28 heavy (non-hydrogen) atoms. The Morgan fingerprint density at radius 3 is 2.71 bits per heavy atom. The van der Waals surface area contributed by atoms with Crippen molar-refractivity contribution in [1.29, 1.82) is 0 Å². The topological polar surface area (TPSA) is 62.7 Å². The van der Waals surface area contributed by atoms with Crippen LogP contribution in [0.5, 0.6) is 0 Å². The van der Waals surface area contributed by atoms with E-state index in [-0.39, 0.29) is 17.8 Å². The highest BCUT2D eigenvalue weighted by Crippen LogP contribution is 2.21. The predicted octanol–water partition coefficient (Wildman–Crippen LogP) is 3.07. The molecule has 154 valence electrons. The molecule has 2 fully saturated rings. The SMILES string of the molecule is CCOC(=O)[C@H]1CCCN(C(=O)c2ccc(SCCN3CCCCC3)nc2)C1. The number of amides is 1. The van der Waals surface area contributed by atoms with E-state index in [1.165, 1.54) is 32.4 Å². The average Bonchev–Trinajstić information content (AvgIpc) is 2.75. The monoisotopic (exact) mass is 405 g/mol. The second kappa shape index (κ2) is 10.8. The zero-order chi connectivity index (χ0) is 19.8. The van der Waals surface area contributed by atoms with Crippen LogP contribution in [0.25, 0.3) is 0 Å². The van der Waals surface area contributed by atoms with Crippen LogP contribution in [0.3, 0.4) is 0 Å². The zero-order valence-corrected chi connectivity index (χ0v) is 17.6. The molecule has 2 aliphatic rings. The first-order valence-corrected chi connectivity index (χ1v) is 11.4. The van der Waals surface area contributed by atoms with E-state index in [1.54, 1.807) is 29.8 Å². The highest BCUT2D eigenvalue weighted by molar-refractivity contribution is 7.99. The molecule has 0 N–H and O–H groups in total. The van der Waals surface area contributed by atoms with E-state index < -0.39 is 0 Å². The molecular formula is C21H31N3O3S. The summed E-state index contributed by atoms with van der Waals surface area (Å²) in [7, 11) is 0. The number of rotatable bonds is 7. The van der Waals surface area contributed by atoms with Crippen LogP contribution in [-0.2, 0) is 9.53 Å². The summed E-state index contributed by atoms with van der Waals surface area (Å²) in [5.74, 6) is 0.563. The van der Waals surface area contributed by atoms with Gasteiger partial charge in [0.2, 0.25) is 0 Å². The molecule has 1 aromatic rings. The number of hydrogen-bond acceptors (Lipinski definition) is 6. The number of ether oxygens (including phenoxy) is 1. The third-order valence-electron chi connectivity index (χ3n) is 5.42. The van der Waals surface area contributed by atoms with Gasteiger partial charge in [-0.05, 0) is 57.8 Å². The molecule has 0 saturated carbocycles. The van der Waals surface area contributed by atoms with Crippen molar-refractivity contribution >= 4 is 23.6 Å². The first kappa shape index (κ1) is 21.1. The third-order valence-corrected chi connectivity index (χ3v) is 6.34. The average molecular weight is 406 g/mol. The number of pyridine rings is 1. The molecular weight excluding hydrogens is 374 g/mol. The van der Waals surface area contributed by atoms with Crippen LogP contribution >= 0.6 is 11.8 Å². The van der Waals surface area contributed by atoms with Crippen molar-refractivity contribution in [3.63, 3.8) is 0 Å². The van der Waals surface area contributed by atoms with E-state index in [2.05, 4.69) is 9.88 Å². The van der Waals surface area contributed by atoms with E-state index in [1.807, 2.05) is 12.1 Å². The quantitative estimate of drug-likeness (QED) is 0.513. The van der Waals surface area contributed by atoms with Crippen molar-refractivity contribution in [1.82, 2.24) is 14.8 Å². The summed E-state index contributed by atoms with van der Waals surface area (Å²) in [5.41, 5.74) is 0.588. The highest BCUT2D eigenvalue weighted by atomic mass is 32.2. The molecule has 1 aromatic heterocycles. The highest BCUT2D eigenvalue weighted by Gasteiger charge is 2.29. The van der Waals surface area contributed by atoms with Crippen molar-refractivity contribution in [2.24, 2.45) is 5.92 Å². The largest absolute Gasteiger partial charge is 0.466 e. The standard InChI is InChI=1S/C21H31N3O3S/c1-2-27-21(26)18-7-6-12-24(16-18)20(25)17-8-9-19(22-15-17)28-14-13-23-10-4-3-5-11-23/h8-9,15,18H,2-7,10-14,16H2,1H3/t18-/m0/s1. The Kier molecular flexibility index (Phi) is 8.15. The van der Waals surface area contributed by atoms with Gasteiger partial charge in [-0.3, -0.25) is 9.59 Å². The third kappa shape index (κ3) is 5.95. The second-order valence-electron chi connectivity index (χ2n) is 7.48. The smallest absolute Gasteiger partial charge is 0.310 e. The molecule has 2 aliphatic heterocycles. The van der Waals surface area contributed by atoms with Gasteiger partial charge < -0.3 is 14.5 Å². The second-order valence-corrected chi connectivity index (χ2v) is 8.59. The summed E-state index contributed by atoms with van der Waals surface area (Å²) in [6.07, 6.45) is 7.26. The number of piperidine rings is 2. The van der Waals surface area contributed by atoms with Gasteiger partial charge in [0, 0.05) is 31.6 Å². The fraction of sp³-hybridized carbons (Fsp3) is 0.667. The minimum atomic E-state index is -0.213. The van der Waals surface area contributed by atoms with Crippen molar-refractivity contribution < 1.29 is 14.3 Å². The lowest BCUT2D eigenvalue weighted by Gasteiger charge is -2.31. The summed E-state index contributed by atoms with van der Waals surface area (Å²) < 4.78 is 5.12. The van der Waals surface area contributed by atoms with Crippen molar-refractivity contribution in [3.8, 4) is 0 Å². The molecule has 0 radical (unpaired) electrons. The number of nitrogens with zero attached hydrogens (tertiary/aromatic N) is 3. The number of hydrogen-bond donors (Lipinski definition) is 0. The van der Waals surface area contributed by atoms with Gasteiger partial charge in [0.05, 0.1) is 23.1 Å². The van der Waals surface area contributed by atoms with Crippen molar-refractivity contribution in [2.45, 2.75) is 44.1 Å². The Hall–Kier alpha value is -1.60. The Balaban J connectivity index is 1.48. The molecule has 1 amide bonds. The minimum absolute atomic E-state index is 0.0497. The fourth-order valence-electron chi connectivity index (χ4n) is 3.85. The summed E-state index contributed by atoms with van der Waals surface area (Å²) in [6.45, 7) is 6.82. The van der Waals surface area contributed by atoms with Gasteiger partial charge in [0.15, 0.2) is 0 Å². The van der Waals surface area contributed by atoms with Crippen LogP contribution in [0.2, 0.25) is 0 Å². The maximum Gasteiger partial charge on any atom is 0.310 e. The van der Waals surface area contributed by atoms with Crippen LogP contribution < -0.4 is 0 Å². The molecule has 0 aliphatic carbocycles. The number of thioether (sulfide) groups is 1. The lowest BCUT2D eigenvalue weighted by atomic mass is 9.97. The molecule has 0 spiro atoms. The first-order chi connectivity index (χ1) is 13.7. The van der Waals surface area contributed by atoms with Crippen LogP contribution in [-0.4, -0.2) is 71.7 Å². The molecule has 0 unspecified atom stereocenters. The lowest BCUT2D eigenvalue weighted by molar-refractivity contribution is -0.149. The molecule has 0 aromatic carbocycles. The van der Waals surface area contributed by atoms with Gasteiger partial charge in [-0.1, -0.05) is 6.42 Å².